The van der Waals surface area contributed by atoms with Crippen LogP contribution in [0.2, 0.25) is 0 Å². The molecule has 16 heavy (non-hydrogen) atoms. The van der Waals surface area contributed by atoms with Gasteiger partial charge in [0.15, 0.2) is 0 Å². The predicted octanol–water partition coefficient (Wildman–Crippen LogP) is 1.29. The molecule has 0 aromatic carbocycles. The molecule has 1 heterocycles. The van der Waals surface area contributed by atoms with Gasteiger partial charge in [0.1, 0.15) is 0 Å². The summed E-state index contributed by atoms with van der Waals surface area (Å²) in [5.41, 5.74) is 5.24. The van der Waals surface area contributed by atoms with Crippen LogP contribution in [0.1, 0.15) is 45.4 Å². The molecule has 1 aliphatic rings. The van der Waals surface area contributed by atoms with Crippen molar-refractivity contribution in [1.29, 1.82) is 0 Å². The summed E-state index contributed by atoms with van der Waals surface area (Å²) in [5, 5.41) is 0. The minimum absolute atomic E-state index is 0.0281. The molecule has 1 aliphatic heterocycles. The highest BCUT2D eigenvalue weighted by Crippen LogP contribution is 2.17. The summed E-state index contributed by atoms with van der Waals surface area (Å²) in [6, 6.07) is 0. The number of unbranched alkanes of at least 4 members (excludes halogenated alkanes) is 2. The van der Waals surface area contributed by atoms with Crippen LogP contribution in [0.4, 0.5) is 0 Å². The number of carbonyl (C=O) groups excluding carboxylic acids is 2. The van der Waals surface area contributed by atoms with Gasteiger partial charge in [-0.15, -0.1) is 0 Å². The number of nitrogens with two attached hydrogens (primary N) is 1. The Morgan fingerprint density at radius 2 is 1.88 bits per heavy atom. The van der Waals surface area contributed by atoms with Crippen molar-refractivity contribution in [2.75, 3.05) is 13.1 Å². The number of piperidine rings is 1. The SMILES string of the molecule is CCCCCC(=O)N1CCC(C(N)=O)CC1. The Morgan fingerprint density at radius 1 is 1.25 bits per heavy atom. The van der Waals surface area contributed by atoms with E-state index in [1.165, 1.54) is 0 Å². The Balaban J connectivity index is 2.25. The highest BCUT2D eigenvalue weighted by molar-refractivity contribution is 5.78. The fourth-order valence-corrected chi connectivity index (χ4v) is 2.10. The molecule has 2 N–H and O–H groups in total. The molecule has 0 aromatic heterocycles. The van der Waals surface area contributed by atoms with E-state index in [1.54, 1.807) is 0 Å². The summed E-state index contributed by atoms with van der Waals surface area (Å²) in [4.78, 5) is 24.6. The molecule has 0 unspecified atom stereocenters. The first-order valence-electron chi connectivity index (χ1n) is 6.22. The molecule has 1 saturated heterocycles. The van der Waals surface area contributed by atoms with Gasteiger partial charge in [0.05, 0.1) is 0 Å². The van der Waals surface area contributed by atoms with Crippen molar-refractivity contribution < 1.29 is 9.59 Å². The van der Waals surface area contributed by atoms with Gasteiger partial charge in [0.2, 0.25) is 11.8 Å². The van der Waals surface area contributed by atoms with Gasteiger partial charge in [0, 0.05) is 25.4 Å². The van der Waals surface area contributed by atoms with E-state index in [1.807, 2.05) is 4.90 Å². The summed E-state index contributed by atoms with van der Waals surface area (Å²) >= 11 is 0. The number of hydrogen-bond acceptors (Lipinski definition) is 2. The van der Waals surface area contributed by atoms with E-state index in [2.05, 4.69) is 6.92 Å². The minimum Gasteiger partial charge on any atom is -0.369 e. The van der Waals surface area contributed by atoms with Gasteiger partial charge < -0.3 is 10.6 Å². The third-order valence-corrected chi connectivity index (χ3v) is 3.24. The lowest BCUT2D eigenvalue weighted by atomic mass is 9.96. The van der Waals surface area contributed by atoms with Gasteiger partial charge in [-0.05, 0) is 19.3 Å². The standard InChI is InChI=1S/C12H22N2O2/c1-2-3-4-5-11(15)14-8-6-10(7-9-14)12(13)16/h10H,2-9H2,1H3,(H2,13,16). The molecule has 92 valence electrons. The van der Waals surface area contributed by atoms with Crippen molar-refractivity contribution in [3.05, 3.63) is 0 Å². The van der Waals surface area contributed by atoms with Crippen molar-refractivity contribution in [3.8, 4) is 0 Å². The van der Waals surface area contributed by atoms with E-state index >= 15 is 0 Å². The average Bonchev–Trinajstić information content (AvgIpc) is 2.29. The first kappa shape index (κ1) is 13.0. The van der Waals surface area contributed by atoms with Crippen molar-refractivity contribution in [3.63, 3.8) is 0 Å². The maximum atomic E-state index is 11.8. The topological polar surface area (TPSA) is 63.4 Å². The van der Waals surface area contributed by atoms with Crippen LogP contribution < -0.4 is 5.73 Å². The molecular weight excluding hydrogens is 204 g/mol. The Hall–Kier alpha value is -1.06. The molecule has 4 nitrogen and oxygen atoms in total. The quantitative estimate of drug-likeness (QED) is 0.718. The Bertz CT molecular complexity index is 245. The molecule has 0 bridgehead atoms. The van der Waals surface area contributed by atoms with Gasteiger partial charge >= 0.3 is 0 Å². The average molecular weight is 226 g/mol. The molecule has 0 spiro atoms. The van der Waals surface area contributed by atoms with Crippen LogP contribution in [-0.2, 0) is 9.59 Å². The van der Waals surface area contributed by atoms with E-state index in [9.17, 15) is 9.59 Å². The molecule has 1 rings (SSSR count). The second-order valence-electron chi connectivity index (χ2n) is 4.51. The normalized spacial score (nSPS) is 17.4. The van der Waals surface area contributed by atoms with E-state index in [0.29, 0.717) is 19.5 Å². The fourth-order valence-electron chi connectivity index (χ4n) is 2.10. The molecule has 4 heteroatoms. The molecule has 0 radical (unpaired) electrons. The van der Waals surface area contributed by atoms with Gasteiger partial charge in [-0.2, -0.15) is 0 Å². The monoisotopic (exact) mass is 226 g/mol. The number of carbonyl (C=O) groups is 2. The molecule has 0 saturated carbocycles. The third kappa shape index (κ3) is 3.83. The summed E-state index contributed by atoms with van der Waals surface area (Å²) < 4.78 is 0. The van der Waals surface area contributed by atoms with E-state index in [-0.39, 0.29) is 17.7 Å². The molecule has 1 fully saturated rings. The van der Waals surface area contributed by atoms with Crippen molar-refractivity contribution in [1.82, 2.24) is 4.90 Å². The number of hydrogen-bond donors (Lipinski definition) is 1. The van der Waals surface area contributed by atoms with Crippen LogP contribution in [0.15, 0.2) is 0 Å². The lowest BCUT2D eigenvalue weighted by Gasteiger charge is -2.30. The molecule has 0 aliphatic carbocycles. The minimum atomic E-state index is -0.224. The number of rotatable bonds is 5. The zero-order valence-corrected chi connectivity index (χ0v) is 10.1. The van der Waals surface area contributed by atoms with Crippen LogP contribution in [0.5, 0.6) is 0 Å². The first-order valence-corrected chi connectivity index (χ1v) is 6.22. The third-order valence-electron chi connectivity index (χ3n) is 3.24. The summed E-state index contributed by atoms with van der Waals surface area (Å²) in [6.07, 6.45) is 5.34. The van der Waals surface area contributed by atoms with Crippen molar-refractivity contribution in [2.24, 2.45) is 11.7 Å². The highest BCUT2D eigenvalue weighted by atomic mass is 16.2. The number of likely N-dealkylation sites (tertiary alicyclic amines) is 1. The van der Waals surface area contributed by atoms with E-state index in [4.69, 9.17) is 5.73 Å². The zero-order valence-electron chi connectivity index (χ0n) is 10.1. The predicted molar refractivity (Wildman–Crippen MR) is 62.6 cm³/mol. The lowest BCUT2D eigenvalue weighted by Crippen LogP contribution is -2.41. The molecule has 0 atom stereocenters. The van der Waals surface area contributed by atoms with E-state index in [0.717, 1.165) is 32.1 Å². The van der Waals surface area contributed by atoms with E-state index < -0.39 is 0 Å². The number of nitrogens with zero attached hydrogens (tertiary/aromatic N) is 1. The van der Waals surface area contributed by atoms with Gasteiger partial charge in [0.25, 0.3) is 0 Å². The second kappa shape index (κ2) is 6.51. The molecular formula is C12H22N2O2. The highest BCUT2D eigenvalue weighted by Gasteiger charge is 2.25. The summed E-state index contributed by atoms with van der Waals surface area (Å²) in [6.45, 7) is 3.51. The lowest BCUT2D eigenvalue weighted by molar-refractivity contribution is -0.135. The number of primary amides is 1. The van der Waals surface area contributed by atoms with Crippen LogP contribution in [0.25, 0.3) is 0 Å². The second-order valence-corrected chi connectivity index (χ2v) is 4.51. The van der Waals surface area contributed by atoms with Crippen LogP contribution >= 0.6 is 0 Å². The Kier molecular flexibility index (Phi) is 5.29. The molecule has 2 amide bonds. The van der Waals surface area contributed by atoms with Crippen LogP contribution in [-0.4, -0.2) is 29.8 Å². The summed E-state index contributed by atoms with van der Waals surface area (Å²) in [5.74, 6) is -0.0193. The Morgan fingerprint density at radius 3 is 2.38 bits per heavy atom. The van der Waals surface area contributed by atoms with Crippen molar-refractivity contribution >= 4 is 11.8 Å². The maximum Gasteiger partial charge on any atom is 0.222 e. The fraction of sp³-hybridized carbons (Fsp3) is 0.833. The summed E-state index contributed by atoms with van der Waals surface area (Å²) in [7, 11) is 0. The van der Waals surface area contributed by atoms with Crippen molar-refractivity contribution in [2.45, 2.75) is 45.4 Å². The number of amides is 2. The van der Waals surface area contributed by atoms with Gasteiger partial charge in [-0.25, -0.2) is 0 Å². The maximum absolute atomic E-state index is 11.8. The largest absolute Gasteiger partial charge is 0.369 e. The molecule has 0 aromatic rings. The first-order chi connectivity index (χ1) is 7.65. The van der Waals surface area contributed by atoms with Crippen LogP contribution in [0.3, 0.4) is 0 Å². The van der Waals surface area contributed by atoms with Crippen LogP contribution in [0, 0.1) is 5.92 Å². The van der Waals surface area contributed by atoms with Gasteiger partial charge in [-0.1, -0.05) is 19.8 Å². The Labute approximate surface area is 97.2 Å². The smallest absolute Gasteiger partial charge is 0.222 e. The zero-order chi connectivity index (χ0) is 12.0. The van der Waals surface area contributed by atoms with Gasteiger partial charge in [-0.3, -0.25) is 9.59 Å².